The molecule has 0 bridgehead atoms. The first kappa shape index (κ1) is 17.3. The van der Waals surface area contributed by atoms with Crippen LogP contribution < -0.4 is 11.1 Å². The average molecular weight is 338 g/mol. The Labute approximate surface area is 135 Å². The van der Waals surface area contributed by atoms with Gasteiger partial charge in [-0.2, -0.15) is 13.2 Å². The number of alkyl halides is 3. The molecule has 0 heterocycles. The molecule has 126 valence electrons. The third-order valence-electron chi connectivity index (χ3n) is 3.21. The van der Waals surface area contributed by atoms with Crippen LogP contribution in [-0.2, 0) is 10.9 Å². The number of amides is 1. The first-order valence-electron chi connectivity index (χ1n) is 6.69. The van der Waals surface area contributed by atoms with Crippen LogP contribution in [0.3, 0.4) is 0 Å². The van der Waals surface area contributed by atoms with Gasteiger partial charge in [0, 0.05) is 5.56 Å². The molecule has 2 rings (SSSR count). The molecule has 0 fully saturated rings. The van der Waals surface area contributed by atoms with Crippen LogP contribution in [0.5, 0.6) is 0 Å². The van der Waals surface area contributed by atoms with Gasteiger partial charge in [0.1, 0.15) is 0 Å². The van der Waals surface area contributed by atoms with Gasteiger partial charge in [0.05, 0.1) is 29.6 Å². The van der Waals surface area contributed by atoms with E-state index in [1.165, 1.54) is 31.4 Å². The second-order valence-electron chi connectivity index (χ2n) is 4.79. The highest BCUT2D eigenvalue weighted by Crippen LogP contribution is 2.30. The van der Waals surface area contributed by atoms with E-state index in [4.69, 9.17) is 5.73 Å². The minimum atomic E-state index is -4.56. The zero-order valence-electron chi connectivity index (χ0n) is 12.5. The van der Waals surface area contributed by atoms with Crippen molar-refractivity contribution in [3.63, 3.8) is 0 Å². The molecule has 0 saturated heterocycles. The Kier molecular flexibility index (Phi) is 4.77. The number of nitrogens with one attached hydrogen (secondary N) is 1. The van der Waals surface area contributed by atoms with Crippen molar-refractivity contribution >= 4 is 23.3 Å². The first-order valence-corrected chi connectivity index (χ1v) is 6.69. The SMILES string of the molecule is COC(=O)c1cccc(NC(=O)c2cccc(C(F)(F)F)c2)c1N. The number of benzene rings is 2. The first-order chi connectivity index (χ1) is 11.2. The number of hydrogen-bond donors (Lipinski definition) is 2. The average Bonchev–Trinajstić information content (AvgIpc) is 2.55. The van der Waals surface area contributed by atoms with E-state index in [9.17, 15) is 22.8 Å². The second-order valence-corrected chi connectivity index (χ2v) is 4.79. The van der Waals surface area contributed by atoms with E-state index in [-0.39, 0.29) is 22.5 Å². The van der Waals surface area contributed by atoms with E-state index in [1.807, 2.05) is 0 Å². The predicted octanol–water partition coefficient (Wildman–Crippen LogP) is 3.33. The van der Waals surface area contributed by atoms with E-state index in [0.29, 0.717) is 0 Å². The molecule has 2 aromatic rings. The molecule has 3 N–H and O–H groups in total. The summed E-state index contributed by atoms with van der Waals surface area (Å²) in [7, 11) is 1.18. The van der Waals surface area contributed by atoms with Gasteiger partial charge >= 0.3 is 12.1 Å². The highest BCUT2D eigenvalue weighted by molar-refractivity contribution is 6.08. The zero-order chi connectivity index (χ0) is 17.9. The molecule has 0 aliphatic carbocycles. The Morgan fingerprint density at radius 2 is 1.79 bits per heavy atom. The van der Waals surface area contributed by atoms with Gasteiger partial charge in [-0.1, -0.05) is 12.1 Å². The summed E-state index contributed by atoms with van der Waals surface area (Å²) in [4.78, 5) is 23.7. The molecule has 24 heavy (non-hydrogen) atoms. The molecule has 0 spiro atoms. The topological polar surface area (TPSA) is 81.4 Å². The summed E-state index contributed by atoms with van der Waals surface area (Å²) in [6, 6.07) is 8.26. The highest BCUT2D eigenvalue weighted by atomic mass is 19.4. The smallest absolute Gasteiger partial charge is 0.416 e. The van der Waals surface area contributed by atoms with Crippen LogP contribution in [0.25, 0.3) is 0 Å². The fourth-order valence-corrected chi connectivity index (χ4v) is 1.99. The van der Waals surface area contributed by atoms with Crippen molar-refractivity contribution in [2.45, 2.75) is 6.18 Å². The number of carbonyl (C=O) groups is 2. The summed E-state index contributed by atoms with van der Waals surface area (Å²) in [6.45, 7) is 0. The van der Waals surface area contributed by atoms with Gasteiger partial charge in [0.15, 0.2) is 0 Å². The molecular formula is C16H13F3N2O3. The van der Waals surface area contributed by atoms with Crippen molar-refractivity contribution in [2.75, 3.05) is 18.2 Å². The van der Waals surface area contributed by atoms with Crippen molar-refractivity contribution in [3.05, 3.63) is 59.2 Å². The molecular weight excluding hydrogens is 325 g/mol. The van der Waals surface area contributed by atoms with Gasteiger partial charge in [-0.3, -0.25) is 4.79 Å². The van der Waals surface area contributed by atoms with Crippen LogP contribution >= 0.6 is 0 Å². The lowest BCUT2D eigenvalue weighted by Gasteiger charge is -2.12. The number of rotatable bonds is 3. The number of nitrogen functional groups attached to an aromatic ring is 1. The molecule has 0 aromatic heterocycles. The molecule has 8 heteroatoms. The lowest BCUT2D eigenvalue weighted by atomic mass is 10.1. The quantitative estimate of drug-likeness (QED) is 0.664. The molecule has 0 aliphatic heterocycles. The molecule has 0 radical (unpaired) electrons. The van der Waals surface area contributed by atoms with Gasteiger partial charge in [0.25, 0.3) is 5.91 Å². The molecule has 0 saturated carbocycles. The Morgan fingerprint density at radius 1 is 1.12 bits per heavy atom. The number of ether oxygens (including phenoxy) is 1. The summed E-state index contributed by atoms with van der Waals surface area (Å²) >= 11 is 0. The van der Waals surface area contributed by atoms with Crippen LogP contribution in [0, 0.1) is 0 Å². The maximum atomic E-state index is 12.7. The zero-order valence-corrected chi connectivity index (χ0v) is 12.5. The van der Waals surface area contributed by atoms with Gasteiger partial charge in [-0.15, -0.1) is 0 Å². The van der Waals surface area contributed by atoms with Crippen LogP contribution in [-0.4, -0.2) is 19.0 Å². The molecule has 0 unspecified atom stereocenters. The van der Waals surface area contributed by atoms with Crippen molar-refractivity contribution in [1.29, 1.82) is 0 Å². The lowest BCUT2D eigenvalue weighted by Crippen LogP contribution is -2.16. The number of anilines is 2. The Hall–Kier alpha value is -3.03. The molecule has 5 nitrogen and oxygen atoms in total. The van der Waals surface area contributed by atoms with Gasteiger partial charge < -0.3 is 15.8 Å². The summed E-state index contributed by atoms with van der Waals surface area (Å²) in [5.74, 6) is -1.47. The number of hydrogen-bond acceptors (Lipinski definition) is 4. The van der Waals surface area contributed by atoms with Crippen molar-refractivity contribution < 1.29 is 27.5 Å². The maximum Gasteiger partial charge on any atom is 0.416 e. The van der Waals surface area contributed by atoms with Gasteiger partial charge in [-0.05, 0) is 30.3 Å². The summed E-state index contributed by atoms with van der Waals surface area (Å²) < 4.78 is 42.7. The van der Waals surface area contributed by atoms with Crippen LogP contribution in [0.4, 0.5) is 24.5 Å². The van der Waals surface area contributed by atoms with E-state index < -0.39 is 23.6 Å². The fraction of sp³-hybridized carbons (Fsp3) is 0.125. The van der Waals surface area contributed by atoms with Gasteiger partial charge in [0.2, 0.25) is 0 Å². The Balaban J connectivity index is 2.29. The number of methoxy groups -OCH3 is 1. The number of carbonyl (C=O) groups excluding carboxylic acids is 2. The van der Waals surface area contributed by atoms with Crippen molar-refractivity contribution in [1.82, 2.24) is 0 Å². The van der Waals surface area contributed by atoms with Gasteiger partial charge in [-0.25, -0.2) is 4.79 Å². The van der Waals surface area contributed by atoms with Crippen LogP contribution in [0.2, 0.25) is 0 Å². The number of esters is 1. The monoisotopic (exact) mass is 338 g/mol. The molecule has 1 amide bonds. The van der Waals surface area contributed by atoms with Crippen LogP contribution in [0.1, 0.15) is 26.3 Å². The Bertz CT molecular complexity index is 788. The standard InChI is InChI=1S/C16H13F3N2O3/c1-24-15(23)11-6-3-7-12(13(11)20)21-14(22)9-4-2-5-10(8-9)16(17,18)19/h2-8H,20H2,1H3,(H,21,22). The molecule has 2 aromatic carbocycles. The Morgan fingerprint density at radius 3 is 2.42 bits per heavy atom. The van der Waals surface area contributed by atoms with Crippen molar-refractivity contribution in [2.24, 2.45) is 0 Å². The summed E-state index contributed by atoms with van der Waals surface area (Å²) in [5, 5.41) is 2.39. The summed E-state index contributed by atoms with van der Waals surface area (Å²) in [6.07, 6.45) is -4.56. The van der Waals surface area contributed by atoms with Crippen molar-refractivity contribution in [3.8, 4) is 0 Å². The molecule has 0 atom stereocenters. The minimum absolute atomic E-state index is 0.0373. The maximum absolute atomic E-state index is 12.7. The number of nitrogens with two attached hydrogens (primary N) is 1. The predicted molar refractivity (Wildman–Crippen MR) is 81.6 cm³/mol. The minimum Gasteiger partial charge on any atom is -0.465 e. The number of halogens is 3. The third-order valence-corrected chi connectivity index (χ3v) is 3.21. The summed E-state index contributed by atoms with van der Waals surface area (Å²) in [5.41, 5.74) is 4.77. The highest BCUT2D eigenvalue weighted by Gasteiger charge is 2.31. The van der Waals surface area contributed by atoms with Crippen LogP contribution in [0.15, 0.2) is 42.5 Å². The van der Waals surface area contributed by atoms with E-state index in [1.54, 1.807) is 0 Å². The normalized spacial score (nSPS) is 11.0. The fourth-order valence-electron chi connectivity index (χ4n) is 1.99. The molecule has 0 aliphatic rings. The lowest BCUT2D eigenvalue weighted by molar-refractivity contribution is -0.137. The second kappa shape index (κ2) is 6.61. The van der Waals surface area contributed by atoms with E-state index in [2.05, 4.69) is 10.1 Å². The van der Waals surface area contributed by atoms with E-state index in [0.717, 1.165) is 18.2 Å². The third kappa shape index (κ3) is 3.65. The number of para-hydroxylation sites is 1. The largest absolute Gasteiger partial charge is 0.465 e. The van der Waals surface area contributed by atoms with E-state index >= 15 is 0 Å².